The third-order valence-corrected chi connectivity index (χ3v) is 7.66. The Morgan fingerprint density at radius 2 is 1.92 bits per heavy atom. The Bertz CT molecular complexity index is 1710. The van der Waals surface area contributed by atoms with Gasteiger partial charge in [0.15, 0.2) is 4.80 Å². The maximum atomic E-state index is 13.9. The van der Waals surface area contributed by atoms with Crippen LogP contribution in [0.25, 0.3) is 17.0 Å². The van der Waals surface area contributed by atoms with Crippen LogP contribution in [-0.2, 0) is 9.53 Å². The Morgan fingerprint density at radius 3 is 2.64 bits per heavy atom. The molecule has 0 saturated carbocycles. The van der Waals surface area contributed by atoms with E-state index < -0.39 is 12.0 Å². The largest absolute Gasteiger partial charge is 0.463 e. The average molecular weight is 520 g/mol. The minimum absolute atomic E-state index is 0.217. The second-order valence-electron chi connectivity index (χ2n) is 8.93. The zero-order valence-corrected chi connectivity index (χ0v) is 22.1. The lowest BCUT2D eigenvalue weighted by Crippen LogP contribution is -2.40. The van der Waals surface area contributed by atoms with Crippen LogP contribution >= 0.6 is 22.9 Å². The van der Waals surface area contributed by atoms with Crippen LogP contribution in [0.4, 0.5) is 0 Å². The monoisotopic (exact) mass is 519 g/mol. The fourth-order valence-corrected chi connectivity index (χ4v) is 5.97. The number of nitrogens with zero attached hydrogens (tertiary/aromatic N) is 3. The molecule has 4 aromatic rings. The Morgan fingerprint density at radius 1 is 1.19 bits per heavy atom. The van der Waals surface area contributed by atoms with E-state index in [9.17, 15) is 9.59 Å². The summed E-state index contributed by atoms with van der Waals surface area (Å²) in [7, 11) is 0. The van der Waals surface area contributed by atoms with Crippen molar-refractivity contribution in [1.29, 1.82) is 0 Å². The van der Waals surface area contributed by atoms with Crippen LogP contribution in [0.3, 0.4) is 0 Å². The summed E-state index contributed by atoms with van der Waals surface area (Å²) in [6, 6.07) is 15.0. The van der Waals surface area contributed by atoms with Crippen molar-refractivity contribution in [1.82, 2.24) is 9.13 Å². The van der Waals surface area contributed by atoms with E-state index in [1.807, 2.05) is 36.4 Å². The quantitative estimate of drug-likeness (QED) is 0.349. The summed E-state index contributed by atoms with van der Waals surface area (Å²) >= 11 is 7.89. The molecular formula is C28H26ClN3O3S. The highest BCUT2D eigenvalue weighted by molar-refractivity contribution is 7.07. The molecule has 5 rings (SSSR count). The first-order valence-electron chi connectivity index (χ1n) is 11.9. The third kappa shape index (κ3) is 4.02. The van der Waals surface area contributed by atoms with E-state index in [0.717, 1.165) is 16.5 Å². The Labute approximate surface area is 217 Å². The van der Waals surface area contributed by atoms with Crippen molar-refractivity contribution in [2.75, 3.05) is 6.61 Å². The van der Waals surface area contributed by atoms with Gasteiger partial charge in [-0.15, -0.1) is 0 Å². The standard InChI is InChI=1S/C28H26ClN3O3S/c1-5-35-27(34)24-17(4)30-28-32(25(24)20-11-6-8-12-21(20)29)26(33)23(36-28)14-18-15-31(16(2)3)22-13-9-7-10-19(18)22/h6-16,25H,5H2,1-4H3/b23-14-/t25-/m0/s1. The topological polar surface area (TPSA) is 65.6 Å². The number of rotatable bonds is 5. The number of fused-ring (bicyclic) bond motifs is 2. The molecule has 184 valence electrons. The van der Waals surface area contributed by atoms with Gasteiger partial charge >= 0.3 is 5.97 Å². The smallest absolute Gasteiger partial charge is 0.338 e. The lowest BCUT2D eigenvalue weighted by atomic mass is 9.96. The number of allylic oxidation sites excluding steroid dienone is 1. The van der Waals surface area contributed by atoms with Gasteiger partial charge in [-0.25, -0.2) is 9.79 Å². The van der Waals surface area contributed by atoms with Crippen molar-refractivity contribution in [2.24, 2.45) is 4.99 Å². The van der Waals surface area contributed by atoms with Gasteiger partial charge < -0.3 is 9.30 Å². The fraction of sp³-hybridized carbons (Fsp3) is 0.250. The van der Waals surface area contributed by atoms with Crippen molar-refractivity contribution >= 4 is 45.9 Å². The lowest BCUT2D eigenvalue weighted by molar-refractivity contribution is -0.139. The SMILES string of the molecule is CCOC(=O)C1=C(C)N=c2s/c(=C\c3cn(C(C)C)c4ccccc34)c(=O)n2[C@H]1c1ccccc1Cl. The number of ether oxygens (including phenoxy) is 1. The zero-order valence-electron chi connectivity index (χ0n) is 20.5. The molecule has 2 aromatic carbocycles. The molecule has 2 aromatic heterocycles. The van der Waals surface area contributed by atoms with Gasteiger partial charge in [-0.2, -0.15) is 0 Å². The van der Waals surface area contributed by atoms with Gasteiger partial charge in [0.2, 0.25) is 0 Å². The van der Waals surface area contributed by atoms with Crippen LogP contribution < -0.4 is 14.9 Å². The van der Waals surface area contributed by atoms with Crippen molar-refractivity contribution in [3.8, 4) is 0 Å². The summed E-state index contributed by atoms with van der Waals surface area (Å²) in [6.07, 6.45) is 3.99. The van der Waals surface area contributed by atoms with Gasteiger partial charge in [0.1, 0.15) is 6.04 Å². The molecule has 1 aliphatic heterocycles. The van der Waals surface area contributed by atoms with Crippen molar-refractivity contribution < 1.29 is 9.53 Å². The van der Waals surface area contributed by atoms with Crippen LogP contribution in [0.15, 0.2) is 75.8 Å². The van der Waals surface area contributed by atoms with Gasteiger partial charge in [0, 0.05) is 33.7 Å². The number of carbonyl (C=O) groups is 1. The normalized spacial score (nSPS) is 15.9. The molecule has 3 heterocycles. The van der Waals surface area contributed by atoms with Gasteiger partial charge in [-0.3, -0.25) is 9.36 Å². The number of halogens is 1. The number of benzene rings is 2. The second-order valence-corrected chi connectivity index (χ2v) is 10.3. The highest BCUT2D eigenvalue weighted by atomic mass is 35.5. The number of thiazole rings is 1. The van der Waals surface area contributed by atoms with E-state index in [1.165, 1.54) is 11.3 Å². The number of hydrogen-bond donors (Lipinski definition) is 0. The predicted molar refractivity (Wildman–Crippen MR) is 144 cm³/mol. The molecule has 1 atom stereocenters. The predicted octanol–water partition coefficient (Wildman–Crippen LogP) is 4.99. The maximum Gasteiger partial charge on any atom is 0.338 e. The first kappa shape index (κ1) is 24.3. The third-order valence-electron chi connectivity index (χ3n) is 6.33. The summed E-state index contributed by atoms with van der Waals surface area (Å²) in [5.41, 5.74) is 3.34. The molecule has 0 amide bonds. The van der Waals surface area contributed by atoms with E-state index in [0.29, 0.717) is 31.2 Å². The van der Waals surface area contributed by atoms with Crippen LogP contribution in [-0.4, -0.2) is 21.7 Å². The average Bonchev–Trinajstić information content (AvgIpc) is 3.36. The van der Waals surface area contributed by atoms with Crippen molar-refractivity contribution in [2.45, 2.75) is 39.8 Å². The first-order valence-corrected chi connectivity index (χ1v) is 13.0. The van der Waals surface area contributed by atoms with Gasteiger partial charge in [0.25, 0.3) is 5.56 Å². The summed E-state index contributed by atoms with van der Waals surface area (Å²) < 4.78 is 9.66. The fourth-order valence-electron chi connectivity index (χ4n) is 4.70. The van der Waals surface area contributed by atoms with Crippen molar-refractivity contribution in [3.63, 3.8) is 0 Å². The first-order chi connectivity index (χ1) is 17.3. The Balaban J connectivity index is 1.77. The van der Waals surface area contributed by atoms with E-state index in [-0.39, 0.29) is 18.2 Å². The molecule has 8 heteroatoms. The molecule has 0 radical (unpaired) electrons. The lowest BCUT2D eigenvalue weighted by Gasteiger charge is -2.25. The molecule has 0 unspecified atom stereocenters. The van der Waals surface area contributed by atoms with E-state index in [2.05, 4.69) is 41.7 Å². The van der Waals surface area contributed by atoms with Gasteiger partial charge in [-0.1, -0.05) is 59.3 Å². The maximum absolute atomic E-state index is 13.9. The minimum atomic E-state index is -0.729. The summed E-state index contributed by atoms with van der Waals surface area (Å²) in [5, 5.41) is 1.54. The van der Waals surface area contributed by atoms with E-state index >= 15 is 0 Å². The summed E-state index contributed by atoms with van der Waals surface area (Å²) in [4.78, 5) is 32.1. The second kappa shape index (κ2) is 9.56. The molecular weight excluding hydrogens is 494 g/mol. The molecule has 1 aliphatic rings. The number of esters is 1. The van der Waals surface area contributed by atoms with E-state index in [1.54, 1.807) is 24.5 Å². The number of para-hydroxylation sites is 1. The molecule has 0 saturated heterocycles. The summed E-state index contributed by atoms with van der Waals surface area (Å²) in [5.74, 6) is -0.502. The van der Waals surface area contributed by atoms with Gasteiger partial charge in [-0.05, 0) is 51.5 Å². The zero-order chi connectivity index (χ0) is 25.6. The Kier molecular flexibility index (Phi) is 6.45. The molecule has 0 spiro atoms. The number of hydrogen-bond acceptors (Lipinski definition) is 5. The molecule has 0 bridgehead atoms. The van der Waals surface area contributed by atoms with Crippen molar-refractivity contribution in [3.05, 3.63) is 102 Å². The van der Waals surface area contributed by atoms with Crippen LogP contribution in [0.1, 0.15) is 50.9 Å². The van der Waals surface area contributed by atoms with Crippen LogP contribution in [0, 0.1) is 0 Å². The molecule has 0 aliphatic carbocycles. The minimum Gasteiger partial charge on any atom is -0.463 e. The molecule has 0 N–H and O–H groups in total. The molecule has 6 nitrogen and oxygen atoms in total. The Hall–Kier alpha value is -3.42. The van der Waals surface area contributed by atoms with Gasteiger partial charge in [0.05, 0.1) is 22.4 Å². The highest BCUT2D eigenvalue weighted by Crippen LogP contribution is 2.34. The number of aromatic nitrogens is 2. The molecule has 0 fully saturated rings. The summed E-state index contributed by atoms with van der Waals surface area (Å²) in [6.45, 7) is 8.00. The highest BCUT2D eigenvalue weighted by Gasteiger charge is 2.34. The van der Waals surface area contributed by atoms with Crippen LogP contribution in [0.5, 0.6) is 0 Å². The van der Waals surface area contributed by atoms with E-state index in [4.69, 9.17) is 16.3 Å². The van der Waals surface area contributed by atoms with Crippen LogP contribution in [0.2, 0.25) is 5.02 Å². The number of carbonyl (C=O) groups excluding carboxylic acids is 1. The molecule has 36 heavy (non-hydrogen) atoms.